The second-order valence-electron chi connectivity index (χ2n) is 10.4. The lowest BCUT2D eigenvalue weighted by molar-refractivity contribution is -0.164. The summed E-state index contributed by atoms with van der Waals surface area (Å²) in [5.74, 6) is -0.458. The van der Waals surface area contributed by atoms with Crippen LogP contribution in [0.3, 0.4) is 0 Å². The SMILES string of the molecule is CCOC(CN(C(=O)C(Cc1ccc(Br)cc1)N(CC1c2ccccc2-c2ccccc21)C(=O)O)C(C)C)OCC. The molecule has 0 spiro atoms. The standard InChI is InChI=1S/C33H39BrN2O5/c1-5-40-31(41-6-2)21-35(22(3)4)32(37)30(19-23-15-17-24(34)18-16-23)36(33(38)39)20-29-27-13-9-7-11-25(27)26-12-8-10-14-28(26)29/h7-18,22,29-31H,5-6,19-21H2,1-4H3,(H,38,39). The molecule has 1 unspecified atom stereocenters. The zero-order valence-corrected chi connectivity index (χ0v) is 25.7. The summed E-state index contributed by atoms with van der Waals surface area (Å²) in [5.41, 5.74) is 5.23. The Labute approximate surface area is 251 Å². The van der Waals surface area contributed by atoms with Gasteiger partial charge in [0.1, 0.15) is 6.04 Å². The third kappa shape index (κ3) is 7.18. The van der Waals surface area contributed by atoms with Crippen molar-refractivity contribution in [2.75, 3.05) is 26.3 Å². The first-order valence-corrected chi connectivity index (χ1v) is 15.0. The van der Waals surface area contributed by atoms with Gasteiger partial charge in [-0.15, -0.1) is 0 Å². The van der Waals surface area contributed by atoms with E-state index in [-0.39, 0.29) is 37.4 Å². The molecular formula is C33H39BrN2O5. The van der Waals surface area contributed by atoms with Crippen LogP contribution in [0.25, 0.3) is 11.1 Å². The summed E-state index contributed by atoms with van der Waals surface area (Å²) in [7, 11) is 0. The highest BCUT2D eigenvalue weighted by Crippen LogP contribution is 2.45. The smallest absolute Gasteiger partial charge is 0.408 e. The maximum absolute atomic E-state index is 14.4. The van der Waals surface area contributed by atoms with E-state index in [0.717, 1.165) is 32.3 Å². The van der Waals surface area contributed by atoms with Crippen LogP contribution < -0.4 is 0 Å². The summed E-state index contributed by atoms with van der Waals surface area (Å²) in [5, 5.41) is 10.6. The summed E-state index contributed by atoms with van der Waals surface area (Å²) in [4.78, 5) is 30.5. The Hall–Kier alpha value is -3.20. The number of fused-ring (bicyclic) bond motifs is 3. The number of carbonyl (C=O) groups excluding carboxylic acids is 1. The van der Waals surface area contributed by atoms with Crippen molar-refractivity contribution in [3.8, 4) is 11.1 Å². The van der Waals surface area contributed by atoms with Gasteiger partial charge in [-0.1, -0.05) is 76.6 Å². The van der Waals surface area contributed by atoms with Crippen molar-refractivity contribution in [2.45, 2.75) is 58.4 Å². The first-order chi connectivity index (χ1) is 19.7. The fourth-order valence-corrected chi connectivity index (χ4v) is 5.86. The quantitative estimate of drug-likeness (QED) is 0.212. The monoisotopic (exact) mass is 622 g/mol. The van der Waals surface area contributed by atoms with Crippen molar-refractivity contribution in [1.82, 2.24) is 9.80 Å². The van der Waals surface area contributed by atoms with Gasteiger partial charge >= 0.3 is 6.09 Å². The number of hydrogen-bond donors (Lipinski definition) is 1. The molecule has 1 aliphatic rings. The van der Waals surface area contributed by atoms with Gasteiger partial charge in [-0.05, 0) is 67.6 Å². The molecule has 0 heterocycles. The Balaban J connectivity index is 1.73. The summed E-state index contributed by atoms with van der Waals surface area (Å²) in [6, 6.07) is 22.8. The maximum Gasteiger partial charge on any atom is 0.408 e. The topological polar surface area (TPSA) is 79.3 Å². The van der Waals surface area contributed by atoms with E-state index >= 15 is 0 Å². The average Bonchev–Trinajstić information content (AvgIpc) is 3.27. The van der Waals surface area contributed by atoms with Crippen molar-refractivity contribution in [1.29, 1.82) is 0 Å². The molecule has 0 aromatic heterocycles. The van der Waals surface area contributed by atoms with Gasteiger partial charge in [-0.25, -0.2) is 4.79 Å². The summed E-state index contributed by atoms with van der Waals surface area (Å²) >= 11 is 3.47. The van der Waals surface area contributed by atoms with E-state index in [2.05, 4.69) is 40.2 Å². The van der Waals surface area contributed by atoms with Gasteiger partial charge in [0.2, 0.25) is 5.91 Å². The molecule has 0 bridgehead atoms. The summed E-state index contributed by atoms with van der Waals surface area (Å²) < 4.78 is 12.4. The Bertz CT molecular complexity index is 1280. The van der Waals surface area contributed by atoms with Crippen molar-refractivity contribution in [2.24, 2.45) is 0 Å². The van der Waals surface area contributed by atoms with Gasteiger partial charge in [-0.2, -0.15) is 0 Å². The van der Waals surface area contributed by atoms with Crippen LogP contribution in [0.5, 0.6) is 0 Å². The van der Waals surface area contributed by atoms with E-state index < -0.39 is 18.4 Å². The molecule has 0 fully saturated rings. The molecule has 0 saturated heterocycles. The molecule has 1 N–H and O–H groups in total. The lowest BCUT2D eigenvalue weighted by Crippen LogP contribution is -2.56. The predicted octanol–water partition coefficient (Wildman–Crippen LogP) is 6.79. The normalized spacial score (nSPS) is 13.2. The largest absolute Gasteiger partial charge is 0.465 e. The fourth-order valence-electron chi connectivity index (χ4n) is 5.60. The Morgan fingerprint density at radius 2 is 1.39 bits per heavy atom. The van der Waals surface area contributed by atoms with Crippen molar-refractivity contribution < 1.29 is 24.2 Å². The molecule has 1 aliphatic carbocycles. The molecule has 7 nitrogen and oxygen atoms in total. The second kappa shape index (κ2) is 14.1. The Morgan fingerprint density at radius 3 is 1.88 bits per heavy atom. The molecule has 4 rings (SSSR count). The number of rotatable bonds is 13. The highest BCUT2D eigenvalue weighted by atomic mass is 79.9. The number of ether oxygens (including phenoxy) is 2. The number of carboxylic acid groups (broad SMARTS) is 1. The van der Waals surface area contributed by atoms with E-state index in [4.69, 9.17) is 9.47 Å². The Kier molecular flexibility index (Phi) is 10.6. The van der Waals surface area contributed by atoms with Gasteiger partial charge in [0.25, 0.3) is 0 Å². The van der Waals surface area contributed by atoms with Crippen LogP contribution in [0.2, 0.25) is 0 Å². The van der Waals surface area contributed by atoms with Crippen LogP contribution in [0, 0.1) is 0 Å². The number of benzene rings is 3. The van der Waals surface area contributed by atoms with Gasteiger partial charge in [0.15, 0.2) is 6.29 Å². The molecular weight excluding hydrogens is 584 g/mol. The van der Waals surface area contributed by atoms with Gasteiger partial charge < -0.3 is 19.5 Å². The number of carbonyl (C=O) groups is 2. The van der Waals surface area contributed by atoms with Gasteiger partial charge in [0, 0.05) is 42.6 Å². The molecule has 0 radical (unpaired) electrons. The third-order valence-corrected chi connectivity index (χ3v) is 8.08. The maximum atomic E-state index is 14.4. The highest BCUT2D eigenvalue weighted by molar-refractivity contribution is 9.10. The zero-order valence-electron chi connectivity index (χ0n) is 24.1. The highest BCUT2D eigenvalue weighted by Gasteiger charge is 2.39. The Morgan fingerprint density at radius 1 is 0.854 bits per heavy atom. The third-order valence-electron chi connectivity index (χ3n) is 7.55. The van der Waals surface area contributed by atoms with Crippen LogP contribution in [0.15, 0.2) is 77.3 Å². The lowest BCUT2D eigenvalue weighted by atomic mass is 9.94. The fraction of sp³-hybridized carbons (Fsp3) is 0.394. The van der Waals surface area contributed by atoms with Crippen molar-refractivity contribution >= 4 is 27.9 Å². The second-order valence-corrected chi connectivity index (χ2v) is 11.3. The van der Waals surface area contributed by atoms with E-state index in [9.17, 15) is 14.7 Å². The number of halogens is 1. The number of amides is 2. The molecule has 41 heavy (non-hydrogen) atoms. The van der Waals surface area contributed by atoms with Crippen LogP contribution in [0.1, 0.15) is 50.3 Å². The van der Waals surface area contributed by atoms with Crippen LogP contribution in [-0.4, -0.2) is 71.6 Å². The van der Waals surface area contributed by atoms with Gasteiger partial charge in [0.05, 0.1) is 6.54 Å². The minimum atomic E-state index is -1.13. The first-order valence-electron chi connectivity index (χ1n) is 14.2. The van der Waals surface area contributed by atoms with Crippen molar-refractivity contribution in [3.05, 3.63) is 94.0 Å². The van der Waals surface area contributed by atoms with E-state index in [1.54, 1.807) is 4.90 Å². The molecule has 3 aromatic carbocycles. The minimum absolute atomic E-state index is 0.155. The van der Waals surface area contributed by atoms with Crippen molar-refractivity contribution in [3.63, 3.8) is 0 Å². The van der Waals surface area contributed by atoms with Crippen LogP contribution in [0.4, 0.5) is 4.79 Å². The van der Waals surface area contributed by atoms with E-state index in [0.29, 0.717) is 13.2 Å². The summed E-state index contributed by atoms with van der Waals surface area (Å²) in [6.45, 7) is 8.86. The van der Waals surface area contributed by atoms with E-state index in [1.165, 1.54) is 4.90 Å². The number of nitrogens with zero attached hydrogens (tertiary/aromatic N) is 2. The average molecular weight is 624 g/mol. The van der Waals surface area contributed by atoms with Gasteiger partial charge in [-0.3, -0.25) is 9.69 Å². The zero-order chi connectivity index (χ0) is 29.5. The minimum Gasteiger partial charge on any atom is -0.465 e. The molecule has 218 valence electrons. The molecule has 0 saturated carbocycles. The molecule has 8 heteroatoms. The molecule has 0 aliphatic heterocycles. The molecule has 3 aromatic rings. The molecule has 2 amide bonds. The van der Waals surface area contributed by atoms with E-state index in [1.807, 2.05) is 76.2 Å². The molecule has 1 atom stereocenters. The number of hydrogen-bond acceptors (Lipinski definition) is 4. The lowest BCUT2D eigenvalue weighted by Gasteiger charge is -2.37. The summed E-state index contributed by atoms with van der Waals surface area (Å²) in [6.07, 6.45) is -1.49. The van der Waals surface area contributed by atoms with Crippen LogP contribution >= 0.6 is 15.9 Å². The van der Waals surface area contributed by atoms with Crippen LogP contribution in [-0.2, 0) is 20.7 Å². The first kappa shape index (κ1) is 30.8. The predicted molar refractivity (Wildman–Crippen MR) is 164 cm³/mol.